The molecule has 1 saturated heterocycles. The van der Waals surface area contributed by atoms with Gasteiger partial charge in [-0.05, 0) is 44.0 Å². The number of nitrogens with zero attached hydrogens (tertiary/aromatic N) is 1. The van der Waals surface area contributed by atoms with Crippen molar-refractivity contribution in [3.8, 4) is 0 Å². The summed E-state index contributed by atoms with van der Waals surface area (Å²) in [5.74, 6) is -1.34. The summed E-state index contributed by atoms with van der Waals surface area (Å²) in [6.45, 7) is 6.76. The molecule has 134 valence electrons. The van der Waals surface area contributed by atoms with Crippen LogP contribution in [0.1, 0.15) is 32.8 Å². The lowest BCUT2D eigenvalue weighted by Gasteiger charge is -2.18. The first-order valence-corrected chi connectivity index (χ1v) is 10.8. The van der Waals surface area contributed by atoms with Crippen LogP contribution in [0.4, 0.5) is 5.69 Å². The van der Waals surface area contributed by atoms with E-state index in [4.69, 9.17) is 0 Å². The Bertz CT molecular complexity index is 862. The van der Waals surface area contributed by atoms with Gasteiger partial charge in [-0.2, -0.15) is 0 Å². The van der Waals surface area contributed by atoms with Crippen LogP contribution in [0, 0.1) is 12.8 Å². The van der Waals surface area contributed by atoms with Crippen LogP contribution in [0.2, 0.25) is 0 Å². The largest absolute Gasteiger partial charge is 0.273 e. The highest BCUT2D eigenvalue weighted by atomic mass is 32.2. The van der Waals surface area contributed by atoms with Crippen molar-refractivity contribution in [2.75, 3.05) is 10.1 Å². The van der Waals surface area contributed by atoms with E-state index < -0.39 is 31.9 Å². The molecule has 0 saturated carbocycles. The van der Waals surface area contributed by atoms with Crippen LogP contribution < -0.4 is 9.03 Å². The molecule has 1 aliphatic rings. The summed E-state index contributed by atoms with van der Waals surface area (Å²) in [6, 6.07) is 3.89. The highest BCUT2D eigenvalue weighted by Gasteiger charge is 2.42. The Hall–Kier alpha value is -1.45. The van der Waals surface area contributed by atoms with Gasteiger partial charge in [-0.25, -0.2) is 25.9 Å². The number of carbonyl (C=O) groups is 1. The summed E-state index contributed by atoms with van der Waals surface area (Å²) in [7, 11) is -7.41. The molecule has 24 heavy (non-hydrogen) atoms. The minimum atomic E-state index is -3.71. The maximum absolute atomic E-state index is 12.4. The van der Waals surface area contributed by atoms with Crippen LogP contribution in [0.3, 0.4) is 0 Å². The van der Waals surface area contributed by atoms with Crippen LogP contribution in [0.15, 0.2) is 23.1 Å². The van der Waals surface area contributed by atoms with Crippen molar-refractivity contribution >= 4 is 31.6 Å². The van der Waals surface area contributed by atoms with E-state index in [2.05, 4.69) is 4.72 Å². The van der Waals surface area contributed by atoms with Crippen LogP contribution in [-0.2, 0) is 24.8 Å². The van der Waals surface area contributed by atoms with Gasteiger partial charge in [0.05, 0.1) is 22.3 Å². The molecular weight excluding hydrogens is 352 g/mol. The fraction of sp³-hybridized carbons (Fsp3) is 0.533. The lowest BCUT2D eigenvalue weighted by atomic mass is 10.2. The Labute approximate surface area is 143 Å². The molecule has 2 unspecified atom stereocenters. The second-order valence-electron chi connectivity index (χ2n) is 6.16. The molecule has 1 fully saturated rings. The Balaban J connectivity index is 2.43. The maximum atomic E-state index is 12.4. The van der Waals surface area contributed by atoms with E-state index in [1.807, 2.05) is 6.92 Å². The van der Waals surface area contributed by atoms with Gasteiger partial charge in [0.15, 0.2) is 0 Å². The van der Waals surface area contributed by atoms with Crippen molar-refractivity contribution in [1.82, 2.24) is 4.72 Å². The average molecular weight is 374 g/mol. The normalized spacial score (nSPS) is 21.9. The second-order valence-corrected chi connectivity index (χ2v) is 9.71. The third-order valence-electron chi connectivity index (χ3n) is 4.01. The summed E-state index contributed by atoms with van der Waals surface area (Å²) in [5.41, 5.74) is 0.551. The molecule has 0 bridgehead atoms. The molecule has 2 rings (SSSR count). The zero-order valence-corrected chi connectivity index (χ0v) is 15.7. The van der Waals surface area contributed by atoms with E-state index in [0.29, 0.717) is 12.0 Å². The number of benzene rings is 1. The topological polar surface area (TPSA) is 101 Å². The molecule has 9 heteroatoms. The number of hydrogen-bond acceptors (Lipinski definition) is 5. The molecule has 0 aliphatic carbocycles. The molecule has 1 aliphatic heterocycles. The van der Waals surface area contributed by atoms with Crippen LogP contribution in [-0.4, -0.2) is 34.5 Å². The quantitative estimate of drug-likeness (QED) is 0.839. The predicted molar refractivity (Wildman–Crippen MR) is 91.7 cm³/mol. The third-order valence-corrected chi connectivity index (χ3v) is 7.63. The van der Waals surface area contributed by atoms with Crippen LogP contribution in [0.5, 0.6) is 0 Å². The van der Waals surface area contributed by atoms with E-state index in [0.717, 1.165) is 4.31 Å². The Morgan fingerprint density at radius 1 is 1.38 bits per heavy atom. The van der Waals surface area contributed by atoms with Crippen molar-refractivity contribution < 1.29 is 21.6 Å². The van der Waals surface area contributed by atoms with Crippen LogP contribution in [0.25, 0.3) is 0 Å². The molecule has 1 N–H and O–H groups in total. The van der Waals surface area contributed by atoms with Gasteiger partial charge >= 0.3 is 0 Å². The summed E-state index contributed by atoms with van der Waals surface area (Å²) >= 11 is 0. The fourth-order valence-corrected chi connectivity index (χ4v) is 5.93. The zero-order valence-electron chi connectivity index (χ0n) is 14.1. The third kappa shape index (κ3) is 3.47. The van der Waals surface area contributed by atoms with Crippen molar-refractivity contribution in [2.45, 2.75) is 45.1 Å². The smallest absolute Gasteiger partial charge is 0.244 e. The lowest BCUT2D eigenvalue weighted by molar-refractivity contribution is -0.119. The molecule has 2 atom stereocenters. The molecular formula is C15H22N2O5S2. The molecule has 1 heterocycles. The van der Waals surface area contributed by atoms with Gasteiger partial charge in [0.25, 0.3) is 0 Å². The van der Waals surface area contributed by atoms with Gasteiger partial charge in [-0.15, -0.1) is 0 Å². The highest BCUT2D eigenvalue weighted by Crippen LogP contribution is 2.30. The number of hydrogen-bond donors (Lipinski definition) is 1. The van der Waals surface area contributed by atoms with Crippen molar-refractivity contribution in [3.63, 3.8) is 0 Å². The van der Waals surface area contributed by atoms with E-state index in [1.165, 1.54) is 18.2 Å². The molecule has 7 nitrogen and oxygen atoms in total. The average Bonchev–Trinajstić information content (AvgIpc) is 2.65. The summed E-state index contributed by atoms with van der Waals surface area (Å²) in [5, 5.41) is 0. The van der Waals surface area contributed by atoms with E-state index in [9.17, 15) is 21.6 Å². The molecule has 0 radical (unpaired) electrons. The van der Waals surface area contributed by atoms with Crippen molar-refractivity contribution in [3.05, 3.63) is 23.8 Å². The van der Waals surface area contributed by atoms with Crippen molar-refractivity contribution in [2.24, 2.45) is 5.92 Å². The number of rotatable bonds is 5. The first-order chi connectivity index (χ1) is 11.0. The minimum Gasteiger partial charge on any atom is -0.273 e. The Morgan fingerprint density at radius 3 is 2.46 bits per heavy atom. The highest BCUT2D eigenvalue weighted by molar-refractivity contribution is 7.94. The molecule has 0 spiro atoms. The number of anilines is 1. The van der Waals surface area contributed by atoms with Gasteiger partial charge in [-0.1, -0.05) is 13.8 Å². The first kappa shape index (κ1) is 18.9. The zero-order chi connectivity index (χ0) is 18.3. The van der Waals surface area contributed by atoms with Gasteiger partial charge in [0.1, 0.15) is 0 Å². The van der Waals surface area contributed by atoms with Gasteiger partial charge in [0, 0.05) is 6.04 Å². The monoisotopic (exact) mass is 374 g/mol. The number of amides is 1. The van der Waals surface area contributed by atoms with Crippen LogP contribution >= 0.6 is 0 Å². The number of carbonyl (C=O) groups excluding carboxylic acids is 1. The molecule has 1 amide bonds. The lowest BCUT2D eigenvalue weighted by Crippen LogP contribution is -2.33. The number of sulfonamides is 2. The minimum absolute atomic E-state index is 0.0728. The van der Waals surface area contributed by atoms with E-state index in [1.54, 1.807) is 20.8 Å². The standard InChI is InChI=1S/C15H22N2O5S2/c1-5-12(4)16-24(21,22)14-7-6-13(8-10(14)2)17-15(18)11(3)9-23(17,19)20/h6-8,11-12,16H,5,9H2,1-4H3. The van der Waals surface area contributed by atoms with Gasteiger partial charge in [-0.3, -0.25) is 4.79 Å². The van der Waals surface area contributed by atoms with E-state index in [-0.39, 0.29) is 22.4 Å². The summed E-state index contributed by atoms with van der Waals surface area (Å²) in [4.78, 5) is 12.2. The Morgan fingerprint density at radius 2 is 2.00 bits per heavy atom. The van der Waals surface area contributed by atoms with Gasteiger partial charge < -0.3 is 0 Å². The van der Waals surface area contributed by atoms with Crippen molar-refractivity contribution in [1.29, 1.82) is 0 Å². The molecule has 0 aromatic heterocycles. The van der Waals surface area contributed by atoms with E-state index >= 15 is 0 Å². The first-order valence-electron chi connectivity index (χ1n) is 7.69. The fourth-order valence-electron chi connectivity index (χ4n) is 2.56. The number of aryl methyl sites for hydroxylation is 1. The summed E-state index contributed by atoms with van der Waals surface area (Å²) in [6.07, 6.45) is 0.648. The predicted octanol–water partition coefficient (Wildman–Crippen LogP) is 1.38. The molecule has 1 aromatic carbocycles. The number of nitrogens with one attached hydrogen (secondary N) is 1. The SMILES string of the molecule is CCC(C)NS(=O)(=O)c1ccc(N2C(=O)C(C)CS2(=O)=O)cc1C. The summed E-state index contributed by atoms with van der Waals surface area (Å²) < 4.78 is 52.4. The maximum Gasteiger partial charge on any atom is 0.244 e. The van der Waals surface area contributed by atoms with Gasteiger partial charge in [0.2, 0.25) is 26.0 Å². The molecule has 1 aromatic rings. The second kappa shape index (κ2) is 6.45. The Kier molecular flexibility index (Phi) is 5.08.